The fourth-order valence-electron chi connectivity index (χ4n) is 10.8. The summed E-state index contributed by atoms with van der Waals surface area (Å²) in [7, 11) is 0. The van der Waals surface area contributed by atoms with Gasteiger partial charge in [-0.25, -0.2) is 19.9 Å². The molecule has 0 radical (unpaired) electrons. The molecule has 7 nitrogen and oxygen atoms in total. The van der Waals surface area contributed by atoms with Gasteiger partial charge in [0.1, 0.15) is 16.7 Å². The summed E-state index contributed by atoms with van der Waals surface area (Å²) >= 11 is 0. The molecule has 0 spiro atoms. The molecule has 15 rings (SSSR count). The SMILES string of the molecule is c1ccc2cc(-c3ccc4c5ccc6ccccc6c5n(-c5ccc(-c6nc(-c7cccc8oc9ccccc9c78)nc(-c7ccnc8oc9ccccc9c78)n6)c6ccccc56)c4c3)ccc2c1. The van der Waals surface area contributed by atoms with Crippen molar-refractivity contribution in [1.82, 2.24) is 24.5 Å². The Kier molecular flexibility index (Phi) is 7.94. The summed E-state index contributed by atoms with van der Waals surface area (Å²) in [5, 5.41) is 13.0. The molecule has 69 heavy (non-hydrogen) atoms. The van der Waals surface area contributed by atoms with Crippen molar-refractivity contribution in [3.63, 3.8) is 0 Å². The minimum Gasteiger partial charge on any atom is -0.456 e. The highest BCUT2D eigenvalue weighted by Crippen LogP contribution is 2.43. The van der Waals surface area contributed by atoms with Crippen LogP contribution < -0.4 is 0 Å². The number of para-hydroxylation sites is 2. The smallest absolute Gasteiger partial charge is 0.228 e. The van der Waals surface area contributed by atoms with Crippen LogP contribution in [-0.2, 0) is 0 Å². The monoisotopic (exact) mass is 881 g/mol. The van der Waals surface area contributed by atoms with Crippen LogP contribution in [0.15, 0.2) is 221 Å². The maximum absolute atomic E-state index is 6.39. The first-order valence-corrected chi connectivity index (χ1v) is 23.1. The number of hydrogen-bond acceptors (Lipinski definition) is 6. The van der Waals surface area contributed by atoms with E-state index in [2.05, 4.69) is 161 Å². The summed E-state index contributed by atoms with van der Waals surface area (Å²) in [4.78, 5) is 20.8. The first-order chi connectivity index (χ1) is 34.2. The van der Waals surface area contributed by atoms with Gasteiger partial charge in [-0.2, -0.15) is 0 Å². The van der Waals surface area contributed by atoms with Crippen molar-refractivity contribution in [2.75, 3.05) is 0 Å². The molecule has 10 aromatic carbocycles. The van der Waals surface area contributed by atoms with Crippen LogP contribution in [0.2, 0.25) is 0 Å². The van der Waals surface area contributed by atoms with Gasteiger partial charge in [0.2, 0.25) is 5.71 Å². The summed E-state index contributed by atoms with van der Waals surface area (Å²) in [6.45, 7) is 0. The highest BCUT2D eigenvalue weighted by Gasteiger charge is 2.24. The minimum atomic E-state index is 0.516. The lowest BCUT2D eigenvalue weighted by Crippen LogP contribution is -2.02. The molecule has 0 aliphatic carbocycles. The molecule has 0 fully saturated rings. The molecule has 0 aliphatic heterocycles. The molecule has 0 amide bonds. The molecule has 0 bridgehead atoms. The third-order valence-electron chi connectivity index (χ3n) is 13.9. The van der Waals surface area contributed by atoms with Crippen LogP contribution >= 0.6 is 0 Å². The van der Waals surface area contributed by atoms with E-state index >= 15 is 0 Å². The van der Waals surface area contributed by atoms with Crippen LogP contribution in [0, 0.1) is 0 Å². The van der Waals surface area contributed by atoms with Crippen LogP contribution in [0.1, 0.15) is 0 Å². The molecule has 0 unspecified atom stereocenters. The maximum atomic E-state index is 6.39. The Hall–Kier alpha value is -9.46. The Balaban J connectivity index is 1.00. The third kappa shape index (κ3) is 5.68. The standard InChI is InChI=1S/C62H35N5O2/c1-2-14-38-34-39(25-24-36(38)12-1)40-27-28-44-45-29-26-37-13-3-4-15-41(37)58(45)67(52(44)35-40)51-31-30-46(42-16-5-6-17-43(42)51)59-64-60(49-20-11-23-55-56(49)47-18-7-9-21-53(47)68-55)66-61(65-59)50-32-33-63-62-57(50)48-19-8-10-22-54(48)69-62/h1-35H. The summed E-state index contributed by atoms with van der Waals surface area (Å²) in [5.74, 6) is 1.60. The minimum absolute atomic E-state index is 0.516. The average molecular weight is 882 g/mol. The lowest BCUT2D eigenvalue weighted by molar-refractivity contribution is 0.654. The summed E-state index contributed by atoms with van der Waals surface area (Å²) in [6.07, 6.45) is 1.76. The number of rotatable bonds is 5. The summed E-state index contributed by atoms with van der Waals surface area (Å²) < 4.78 is 15.1. The van der Waals surface area contributed by atoms with E-state index in [1.807, 2.05) is 54.6 Å². The molecule has 7 heteroatoms. The van der Waals surface area contributed by atoms with Gasteiger partial charge in [-0.1, -0.05) is 158 Å². The van der Waals surface area contributed by atoms with Gasteiger partial charge in [0, 0.05) is 60.6 Å². The molecule has 5 aromatic heterocycles. The van der Waals surface area contributed by atoms with Gasteiger partial charge in [0.25, 0.3) is 0 Å². The van der Waals surface area contributed by atoms with Crippen LogP contribution in [-0.4, -0.2) is 24.5 Å². The van der Waals surface area contributed by atoms with Gasteiger partial charge in [-0.05, 0) is 81.2 Å². The van der Waals surface area contributed by atoms with Crippen molar-refractivity contribution in [2.24, 2.45) is 0 Å². The van der Waals surface area contributed by atoms with Crippen LogP contribution in [0.5, 0.6) is 0 Å². The molecule has 0 aliphatic rings. The quantitative estimate of drug-likeness (QED) is 0.171. The van der Waals surface area contributed by atoms with Crippen molar-refractivity contribution in [1.29, 1.82) is 0 Å². The average Bonchev–Trinajstić information content (AvgIpc) is 4.10. The van der Waals surface area contributed by atoms with E-state index in [0.717, 1.165) is 88.0 Å². The Morgan fingerprint density at radius 2 is 0.942 bits per heavy atom. The molecular weight excluding hydrogens is 847 g/mol. The predicted octanol–water partition coefficient (Wildman–Crippen LogP) is 16.3. The Labute approximate surface area is 393 Å². The third-order valence-corrected chi connectivity index (χ3v) is 13.9. The number of aromatic nitrogens is 5. The van der Waals surface area contributed by atoms with Crippen molar-refractivity contribution < 1.29 is 8.83 Å². The lowest BCUT2D eigenvalue weighted by Gasteiger charge is -2.16. The van der Waals surface area contributed by atoms with Gasteiger partial charge < -0.3 is 13.4 Å². The van der Waals surface area contributed by atoms with Gasteiger partial charge in [0.15, 0.2) is 17.5 Å². The van der Waals surface area contributed by atoms with Gasteiger partial charge in [-0.3, -0.25) is 0 Å². The van der Waals surface area contributed by atoms with Crippen LogP contribution in [0.25, 0.3) is 149 Å². The zero-order chi connectivity index (χ0) is 45.2. The first-order valence-electron chi connectivity index (χ1n) is 23.1. The van der Waals surface area contributed by atoms with Crippen molar-refractivity contribution >= 4 is 98.1 Å². The number of hydrogen-bond donors (Lipinski definition) is 0. The molecular formula is C62H35N5O2. The summed E-state index contributed by atoms with van der Waals surface area (Å²) in [5.41, 5.74) is 11.1. The Morgan fingerprint density at radius 3 is 1.77 bits per heavy atom. The molecule has 5 heterocycles. The number of pyridine rings is 1. The van der Waals surface area contributed by atoms with E-state index in [-0.39, 0.29) is 0 Å². The van der Waals surface area contributed by atoms with Gasteiger partial charge in [0.05, 0.1) is 22.1 Å². The lowest BCUT2D eigenvalue weighted by atomic mass is 9.99. The second-order valence-corrected chi connectivity index (χ2v) is 17.7. The van der Waals surface area contributed by atoms with E-state index in [1.165, 1.54) is 37.9 Å². The van der Waals surface area contributed by atoms with Crippen molar-refractivity contribution in [3.05, 3.63) is 212 Å². The van der Waals surface area contributed by atoms with Gasteiger partial charge >= 0.3 is 0 Å². The molecule has 0 saturated heterocycles. The molecule has 0 atom stereocenters. The van der Waals surface area contributed by atoms with Crippen LogP contribution in [0.4, 0.5) is 0 Å². The number of nitrogens with zero attached hydrogens (tertiary/aromatic N) is 5. The Morgan fingerprint density at radius 1 is 0.348 bits per heavy atom. The number of fused-ring (bicyclic) bond motifs is 13. The van der Waals surface area contributed by atoms with E-state index in [1.54, 1.807) is 6.20 Å². The van der Waals surface area contributed by atoms with Crippen molar-refractivity contribution in [3.8, 4) is 51.0 Å². The molecule has 15 aromatic rings. The van der Waals surface area contributed by atoms with Crippen LogP contribution in [0.3, 0.4) is 0 Å². The zero-order valence-corrected chi connectivity index (χ0v) is 36.8. The molecule has 0 N–H and O–H groups in total. The fourth-order valence-corrected chi connectivity index (χ4v) is 10.8. The summed E-state index contributed by atoms with van der Waals surface area (Å²) in [6, 6.07) is 72.6. The predicted molar refractivity (Wildman–Crippen MR) is 281 cm³/mol. The van der Waals surface area contributed by atoms with E-state index in [9.17, 15) is 0 Å². The highest BCUT2D eigenvalue weighted by molar-refractivity contribution is 6.20. The number of benzene rings is 10. The Bertz CT molecular complexity index is 4500. The molecule has 0 saturated carbocycles. The topological polar surface area (TPSA) is 82.8 Å². The van der Waals surface area contributed by atoms with Crippen molar-refractivity contribution in [2.45, 2.75) is 0 Å². The van der Waals surface area contributed by atoms with Gasteiger partial charge in [-0.15, -0.1) is 0 Å². The second kappa shape index (κ2) is 14.5. The zero-order valence-electron chi connectivity index (χ0n) is 36.8. The molecule has 320 valence electrons. The maximum Gasteiger partial charge on any atom is 0.228 e. The van der Waals surface area contributed by atoms with E-state index < -0.39 is 0 Å². The first kappa shape index (κ1) is 37.7. The fraction of sp³-hybridized carbons (Fsp3) is 0. The van der Waals surface area contributed by atoms with E-state index in [4.69, 9.17) is 23.8 Å². The second-order valence-electron chi connectivity index (χ2n) is 17.7. The largest absolute Gasteiger partial charge is 0.456 e. The normalized spacial score (nSPS) is 12.1. The van der Waals surface area contributed by atoms with E-state index in [0.29, 0.717) is 23.2 Å². The highest BCUT2D eigenvalue weighted by atomic mass is 16.3. The number of furan rings is 2.